The van der Waals surface area contributed by atoms with E-state index < -0.39 is 0 Å². The van der Waals surface area contributed by atoms with Crippen molar-refractivity contribution >= 4 is 11.8 Å². The van der Waals surface area contributed by atoms with Gasteiger partial charge in [-0.15, -0.1) is 0 Å². The van der Waals surface area contributed by atoms with Gasteiger partial charge in [0, 0.05) is 12.2 Å². The lowest BCUT2D eigenvalue weighted by Gasteiger charge is -2.05. The number of esters is 1. The summed E-state index contributed by atoms with van der Waals surface area (Å²) >= 11 is 0. The van der Waals surface area contributed by atoms with Crippen molar-refractivity contribution in [2.75, 3.05) is 11.9 Å². The zero-order valence-corrected chi connectivity index (χ0v) is 10.1. The van der Waals surface area contributed by atoms with Crippen LogP contribution in [0.2, 0.25) is 0 Å². The standard InChI is InChI=1S/C13H18N2O2/c1-2-3-8-17-13(16)10-4-7-12(14-9-10)15-11-5-6-11/h4,7,9,11H,2-3,5-6,8H2,1H3,(H,14,15). The van der Waals surface area contributed by atoms with Crippen LogP contribution in [0, 0.1) is 0 Å². The van der Waals surface area contributed by atoms with Crippen LogP contribution < -0.4 is 5.32 Å². The monoisotopic (exact) mass is 234 g/mol. The van der Waals surface area contributed by atoms with Gasteiger partial charge in [-0.25, -0.2) is 9.78 Å². The van der Waals surface area contributed by atoms with Crippen LogP contribution in [-0.4, -0.2) is 23.6 Å². The first-order valence-corrected chi connectivity index (χ1v) is 6.19. The molecule has 0 saturated heterocycles. The number of hydrogen-bond acceptors (Lipinski definition) is 4. The van der Waals surface area contributed by atoms with Gasteiger partial charge in [0.25, 0.3) is 0 Å². The molecule has 92 valence electrons. The summed E-state index contributed by atoms with van der Waals surface area (Å²) in [6.45, 7) is 2.55. The van der Waals surface area contributed by atoms with Crippen LogP contribution in [0.3, 0.4) is 0 Å². The van der Waals surface area contributed by atoms with Gasteiger partial charge in [-0.2, -0.15) is 0 Å². The smallest absolute Gasteiger partial charge is 0.339 e. The second-order valence-electron chi connectivity index (χ2n) is 4.34. The molecule has 1 heterocycles. The highest BCUT2D eigenvalue weighted by Crippen LogP contribution is 2.23. The molecular weight excluding hydrogens is 216 g/mol. The van der Waals surface area contributed by atoms with Crippen LogP contribution in [0.1, 0.15) is 43.0 Å². The SMILES string of the molecule is CCCCOC(=O)c1ccc(NC2CC2)nc1. The number of nitrogens with zero attached hydrogens (tertiary/aromatic N) is 1. The predicted molar refractivity (Wildman–Crippen MR) is 66.1 cm³/mol. The fourth-order valence-corrected chi connectivity index (χ4v) is 1.43. The van der Waals surface area contributed by atoms with Crippen molar-refractivity contribution in [3.8, 4) is 0 Å². The third kappa shape index (κ3) is 3.73. The van der Waals surface area contributed by atoms with Crippen LogP contribution in [-0.2, 0) is 4.74 Å². The molecule has 2 rings (SSSR count). The van der Waals surface area contributed by atoms with E-state index in [-0.39, 0.29) is 5.97 Å². The molecule has 0 spiro atoms. The molecule has 17 heavy (non-hydrogen) atoms. The Morgan fingerprint density at radius 3 is 2.94 bits per heavy atom. The van der Waals surface area contributed by atoms with Crippen LogP contribution in [0.5, 0.6) is 0 Å². The summed E-state index contributed by atoms with van der Waals surface area (Å²) < 4.78 is 5.10. The summed E-state index contributed by atoms with van der Waals surface area (Å²) in [4.78, 5) is 15.8. The Hall–Kier alpha value is -1.58. The highest BCUT2D eigenvalue weighted by atomic mass is 16.5. The normalized spacial score (nSPS) is 14.4. The minimum Gasteiger partial charge on any atom is -0.462 e. The summed E-state index contributed by atoms with van der Waals surface area (Å²) in [6.07, 6.45) is 5.92. The van der Waals surface area contributed by atoms with E-state index in [1.807, 2.05) is 6.07 Å². The lowest BCUT2D eigenvalue weighted by atomic mass is 10.3. The van der Waals surface area contributed by atoms with Gasteiger partial charge in [-0.1, -0.05) is 13.3 Å². The van der Waals surface area contributed by atoms with Gasteiger partial charge in [0.2, 0.25) is 0 Å². The van der Waals surface area contributed by atoms with Crippen molar-refractivity contribution in [2.24, 2.45) is 0 Å². The number of unbranched alkanes of at least 4 members (excludes halogenated alkanes) is 1. The quantitative estimate of drug-likeness (QED) is 0.607. The molecular formula is C13H18N2O2. The Morgan fingerprint density at radius 1 is 1.53 bits per heavy atom. The fourth-order valence-electron chi connectivity index (χ4n) is 1.43. The Kier molecular flexibility index (Phi) is 3.96. The number of nitrogens with one attached hydrogen (secondary N) is 1. The second-order valence-corrected chi connectivity index (χ2v) is 4.34. The van der Waals surface area contributed by atoms with Crippen LogP contribution >= 0.6 is 0 Å². The molecule has 1 aromatic heterocycles. The largest absolute Gasteiger partial charge is 0.462 e. The lowest BCUT2D eigenvalue weighted by Crippen LogP contribution is -2.08. The van der Waals surface area contributed by atoms with Crippen molar-refractivity contribution < 1.29 is 9.53 Å². The average Bonchev–Trinajstić information content (AvgIpc) is 3.14. The number of carbonyl (C=O) groups is 1. The molecule has 0 bridgehead atoms. The lowest BCUT2D eigenvalue weighted by molar-refractivity contribution is 0.0499. The minimum atomic E-state index is -0.288. The van der Waals surface area contributed by atoms with Crippen molar-refractivity contribution in [1.82, 2.24) is 4.98 Å². The average molecular weight is 234 g/mol. The van der Waals surface area contributed by atoms with E-state index in [1.54, 1.807) is 12.3 Å². The number of rotatable bonds is 6. The maximum absolute atomic E-state index is 11.6. The van der Waals surface area contributed by atoms with Gasteiger partial charge in [0.15, 0.2) is 0 Å². The molecule has 4 nitrogen and oxygen atoms in total. The zero-order valence-electron chi connectivity index (χ0n) is 10.1. The summed E-state index contributed by atoms with van der Waals surface area (Å²) in [7, 11) is 0. The highest BCUT2D eigenvalue weighted by Gasteiger charge is 2.21. The minimum absolute atomic E-state index is 0.288. The van der Waals surface area contributed by atoms with Crippen molar-refractivity contribution in [3.63, 3.8) is 0 Å². The van der Waals surface area contributed by atoms with E-state index in [0.717, 1.165) is 18.7 Å². The Bertz CT molecular complexity index is 372. The molecule has 1 N–H and O–H groups in total. The maximum Gasteiger partial charge on any atom is 0.339 e. The molecule has 1 aromatic rings. The van der Waals surface area contributed by atoms with Crippen LogP contribution in [0.25, 0.3) is 0 Å². The van der Waals surface area contributed by atoms with E-state index >= 15 is 0 Å². The summed E-state index contributed by atoms with van der Waals surface area (Å²) in [6, 6.07) is 4.16. The molecule has 0 unspecified atom stereocenters. The van der Waals surface area contributed by atoms with E-state index in [1.165, 1.54) is 12.8 Å². The third-order valence-corrected chi connectivity index (χ3v) is 2.66. The number of hydrogen-bond donors (Lipinski definition) is 1. The first-order chi connectivity index (χ1) is 8.29. The topological polar surface area (TPSA) is 51.2 Å². The molecule has 4 heteroatoms. The van der Waals surface area contributed by atoms with Gasteiger partial charge >= 0.3 is 5.97 Å². The van der Waals surface area contributed by atoms with Gasteiger partial charge in [-0.05, 0) is 31.4 Å². The Balaban J connectivity index is 1.85. The summed E-state index contributed by atoms with van der Waals surface area (Å²) in [5.74, 6) is 0.543. The maximum atomic E-state index is 11.6. The molecule has 1 fully saturated rings. The van der Waals surface area contributed by atoms with Crippen LogP contribution in [0.15, 0.2) is 18.3 Å². The summed E-state index contributed by atoms with van der Waals surface area (Å²) in [5.41, 5.74) is 0.516. The van der Waals surface area contributed by atoms with E-state index in [4.69, 9.17) is 4.74 Å². The van der Waals surface area contributed by atoms with Gasteiger partial charge in [0.05, 0.1) is 12.2 Å². The molecule has 1 aliphatic carbocycles. The number of anilines is 1. The number of pyridine rings is 1. The van der Waals surface area contributed by atoms with E-state index in [0.29, 0.717) is 18.2 Å². The molecule has 0 aliphatic heterocycles. The highest BCUT2D eigenvalue weighted by molar-refractivity contribution is 5.89. The Morgan fingerprint density at radius 2 is 2.35 bits per heavy atom. The van der Waals surface area contributed by atoms with Crippen molar-refractivity contribution in [1.29, 1.82) is 0 Å². The predicted octanol–water partition coefficient (Wildman–Crippen LogP) is 2.61. The third-order valence-electron chi connectivity index (χ3n) is 2.66. The fraction of sp³-hybridized carbons (Fsp3) is 0.538. The van der Waals surface area contributed by atoms with Crippen LogP contribution in [0.4, 0.5) is 5.82 Å². The molecule has 0 amide bonds. The van der Waals surface area contributed by atoms with Gasteiger partial charge in [-0.3, -0.25) is 0 Å². The van der Waals surface area contributed by atoms with E-state index in [2.05, 4.69) is 17.2 Å². The Labute approximate surface area is 101 Å². The zero-order chi connectivity index (χ0) is 12.1. The van der Waals surface area contributed by atoms with Gasteiger partial charge in [0.1, 0.15) is 5.82 Å². The van der Waals surface area contributed by atoms with Gasteiger partial charge < -0.3 is 10.1 Å². The van der Waals surface area contributed by atoms with Crippen molar-refractivity contribution in [3.05, 3.63) is 23.9 Å². The van der Waals surface area contributed by atoms with Crippen molar-refractivity contribution in [2.45, 2.75) is 38.6 Å². The first-order valence-electron chi connectivity index (χ1n) is 6.19. The molecule has 1 aliphatic rings. The number of aromatic nitrogens is 1. The molecule has 0 aromatic carbocycles. The molecule has 1 saturated carbocycles. The second kappa shape index (κ2) is 5.66. The first kappa shape index (κ1) is 11.9. The number of carbonyl (C=O) groups excluding carboxylic acids is 1. The molecule has 0 atom stereocenters. The van der Waals surface area contributed by atoms with E-state index in [9.17, 15) is 4.79 Å². The summed E-state index contributed by atoms with van der Waals surface area (Å²) in [5, 5.41) is 3.27. The number of ether oxygens (including phenoxy) is 1. The molecule has 0 radical (unpaired) electrons.